The minimum absolute atomic E-state index is 0.0871. The van der Waals surface area contributed by atoms with Crippen LogP contribution >= 0.6 is 0 Å². The second-order valence-corrected chi connectivity index (χ2v) is 9.73. The molecule has 1 aromatic heterocycles. The first-order chi connectivity index (χ1) is 14.6. The van der Waals surface area contributed by atoms with E-state index in [9.17, 15) is 4.79 Å². The number of aromatic nitrogens is 2. The van der Waals surface area contributed by atoms with Crippen LogP contribution in [0.4, 0.5) is 0 Å². The molecule has 1 amide bonds. The molecule has 5 heteroatoms. The van der Waals surface area contributed by atoms with Crippen molar-refractivity contribution in [2.24, 2.45) is 12.5 Å². The lowest BCUT2D eigenvalue weighted by atomic mass is 9.60. The lowest BCUT2D eigenvalue weighted by molar-refractivity contribution is -0.132. The Hall–Kier alpha value is -2.14. The highest BCUT2D eigenvalue weighted by Gasteiger charge is 2.54. The number of nitrogens with zero attached hydrogens (tertiary/aromatic N) is 4. The van der Waals surface area contributed by atoms with Crippen LogP contribution in [0.15, 0.2) is 36.4 Å². The summed E-state index contributed by atoms with van der Waals surface area (Å²) in [5.41, 5.74) is 3.59. The summed E-state index contributed by atoms with van der Waals surface area (Å²) in [6, 6.07) is 14.2. The monoisotopic (exact) mass is 406 g/mol. The van der Waals surface area contributed by atoms with Gasteiger partial charge in [-0.3, -0.25) is 14.4 Å². The number of carbonyl (C=O) groups excluding carboxylic acids is 1. The van der Waals surface area contributed by atoms with Gasteiger partial charge in [-0.15, -0.1) is 0 Å². The van der Waals surface area contributed by atoms with Gasteiger partial charge in [0.05, 0.1) is 0 Å². The molecule has 5 nitrogen and oxygen atoms in total. The summed E-state index contributed by atoms with van der Waals surface area (Å²) in [7, 11) is 1.90. The van der Waals surface area contributed by atoms with Crippen LogP contribution in [0.2, 0.25) is 0 Å². The van der Waals surface area contributed by atoms with Crippen LogP contribution in [0.25, 0.3) is 0 Å². The fourth-order valence-electron chi connectivity index (χ4n) is 6.22. The summed E-state index contributed by atoms with van der Waals surface area (Å²) < 4.78 is 1.79. The molecule has 1 aromatic carbocycles. The number of amides is 1. The fraction of sp³-hybridized carbons (Fsp3) is 0.600. The van der Waals surface area contributed by atoms with Crippen molar-refractivity contribution in [1.29, 1.82) is 0 Å². The summed E-state index contributed by atoms with van der Waals surface area (Å²) >= 11 is 0. The molecule has 3 heterocycles. The standard InChI is InChI=1S/C25H34N4O/c1-19-17-22(26-27(19)2)24(30)28-15-11-21(12-16-28)29-18-25(13-7-4-8-14-25)23(29)20-9-5-3-6-10-20/h3,5-6,9-10,17,21,23H,4,7-8,11-16,18H2,1-2H3. The van der Waals surface area contributed by atoms with Gasteiger partial charge < -0.3 is 4.90 Å². The summed E-state index contributed by atoms with van der Waals surface area (Å²) in [4.78, 5) is 17.7. The average molecular weight is 407 g/mol. The number of hydrogen-bond acceptors (Lipinski definition) is 3. The number of likely N-dealkylation sites (tertiary alicyclic amines) is 2. The smallest absolute Gasteiger partial charge is 0.274 e. The van der Waals surface area contributed by atoms with Crippen LogP contribution in [0.3, 0.4) is 0 Å². The molecule has 1 unspecified atom stereocenters. The molecule has 30 heavy (non-hydrogen) atoms. The van der Waals surface area contributed by atoms with Crippen molar-refractivity contribution in [2.75, 3.05) is 19.6 Å². The Morgan fingerprint density at radius 3 is 2.40 bits per heavy atom. The maximum absolute atomic E-state index is 12.9. The highest BCUT2D eigenvalue weighted by atomic mass is 16.2. The molecule has 0 bridgehead atoms. The topological polar surface area (TPSA) is 41.4 Å². The molecular formula is C25H34N4O. The minimum Gasteiger partial charge on any atom is -0.337 e. The van der Waals surface area contributed by atoms with Gasteiger partial charge in [0, 0.05) is 49.9 Å². The Morgan fingerprint density at radius 1 is 1.07 bits per heavy atom. The molecular weight excluding hydrogens is 372 g/mol. The number of piperidine rings is 1. The van der Waals surface area contributed by atoms with Gasteiger partial charge >= 0.3 is 0 Å². The molecule has 0 radical (unpaired) electrons. The zero-order chi connectivity index (χ0) is 20.7. The average Bonchev–Trinajstić information content (AvgIpc) is 3.11. The zero-order valence-corrected chi connectivity index (χ0v) is 18.4. The molecule has 0 N–H and O–H groups in total. The molecule has 3 aliphatic rings. The second-order valence-electron chi connectivity index (χ2n) is 9.73. The predicted molar refractivity (Wildman–Crippen MR) is 118 cm³/mol. The van der Waals surface area contributed by atoms with Crippen LogP contribution in [-0.4, -0.2) is 51.2 Å². The van der Waals surface area contributed by atoms with Gasteiger partial charge in [-0.25, -0.2) is 0 Å². The van der Waals surface area contributed by atoms with Crippen molar-refractivity contribution in [1.82, 2.24) is 19.6 Å². The Bertz CT molecular complexity index is 872. The number of aryl methyl sites for hydroxylation is 2. The van der Waals surface area contributed by atoms with E-state index in [1.165, 1.54) is 44.2 Å². The Morgan fingerprint density at radius 2 is 1.77 bits per heavy atom. The van der Waals surface area contributed by atoms with E-state index in [1.807, 2.05) is 24.9 Å². The third-order valence-electron chi connectivity index (χ3n) is 7.93. The fourth-order valence-corrected chi connectivity index (χ4v) is 6.22. The lowest BCUT2D eigenvalue weighted by Gasteiger charge is -2.63. The van der Waals surface area contributed by atoms with E-state index in [4.69, 9.17) is 0 Å². The van der Waals surface area contributed by atoms with E-state index < -0.39 is 0 Å². The van der Waals surface area contributed by atoms with Crippen LogP contribution in [0.1, 0.15) is 72.7 Å². The van der Waals surface area contributed by atoms with Crippen LogP contribution < -0.4 is 0 Å². The molecule has 3 fully saturated rings. The Kier molecular flexibility index (Phi) is 5.18. The van der Waals surface area contributed by atoms with Gasteiger partial charge in [0.2, 0.25) is 0 Å². The van der Waals surface area contributed by atoms with E-state index >= 15 is 0 Å². The molecule has 1 atom stereocenters. The summed E-state index contributed by atoms with van der Waals surface area (Å²) in [6.45, 7) is 4.91. The van der Waals surface area contributed by atoms with Gasteiger partial charge in [-0.1, -0.05) is 49.6 Å². The Labute approximate surface area is 180 Å². The SMILES string of the molecule is Cc1cc(C(=O)N2CCC(N3CC4(CCCCC4)C3c3ccccc3)CC2)nn1C. The molecule has 2 saturated heterocycles. The van der Waals surface area contributed by atoms with Crippen molar-refractivity contribution in [3.8, 4) is 0 Å². The molecule has 2 aliphatic heterocycles. The maximum Gasteiger partial charge on any atom is 0.274 e. The van der Waals surface area contributed by atoms with Crippen molar-refractivity contribution in [3.63, 3.8) is 0 Å². The van der Waals surface area contributed by atoms with E-state index in [1.54, 1.807) is 4.68 Å². The van der Waals surface area contributed by atoms with Crippen molar-refractivity contribution in [3.05, 3.63) is 53.3 Å². The molecule has 2 aromatic rings. The summed E-state index contributed by atoms with van der Waals surface area (Å²) in [5.74, 6) is 0.0871. The van der Waals surface area contributed by atoms with E-state index in [0.29, 0.717) is 23.2 Å². The first kappa shape index (κ1) is 19.8. The molecule has 160 valence electrons. The Balaban J connectivity index is 1.28. The summed E-state index contributed by atoms with van der Waals surface area (Å²) in [5, 5.41) is 4.39. The number of carbonyl (C=O) groups is 1. The number of hydrogen-bond donors (Lipinski definition) is 0. The van der Waals surface area contributed by atoms with Crippen molar-refractivity contribution >= 4 is 5.91 Å². The zero-order valence-electron chi connectivity index (χ0n) is 18.4. The second kappa shape index (κ2) is 7.84. The van der Waals surface area contributed by atoms with Crippen LogP contribution in [0.5, 0.6) is 0 Å². The third-order valence-corrected chi connectivity index (χ3v) is 7.93. The van der Waals surface area contributed by atoms with Gasteiger partial charge in [-0.05, 0) is 44.2 Å². The highest BCUT2D eigenvalue weighted by molar-refractivity contribution is 5.92. The van der Waals surface area contributed by atoms with Gasteiger partial charge in [0.25, 0.3) is 5.91 Å². The van der Waals surface area contributed by atoms with Crippen LogP contribution in [-0.2, 0) is 7.05 Å². The minimum atomic E-state index is 0.0871. The highest BCUT2D eigenvalue weighted by Crippen LogP contribution is 2.58. The summed E-state index contributed by atoms with van der Waals surface area (Å²) in [6.07, 6.45) is 9.05. The van der Waals surface area contributed by atoms with E-state index in [2.05, 4.69) is 40.3 Å². The molecule has 5 rings (SSSR count). The predicted octanol–water partition coefficient (Wildman–Crippen LogP) is 4.34. The maximum atomic E-state index is 12.9. The first-order valence-electron chi connectivity index (χ1n) is 11.7. The third kappa shape index (κ3) is 3.37. The largest absolute Gasteiger partial charge is 0.337 e. The normalized spacial score (nSPS) is 24.7. The quantitative estimate of drug-likeness (QED) is 0.761. The van der Waals surface area contributed by atoms with E-state index in [0.717, 1.165) is 31.6 Å². The number of benzene rings is 1. The van der Waals surface area contributed by atoms with Gasteiger partial charge in [0.15, 0.2) is 5.69 Å². The number of rotatable bonds is 3. The van der Waals surface area contributed by atoms with Crippen LogP contribution in [0, 0.1) is 12.3 Å². The van der Waals surface area contributed by atoms with Gasteiger partial charge in [-0.2, -0.15) is 5.10 Å². The van der Waals surface area contributed by atoms with E-state index in [-0.39, 0.29) is 5.91 Å². The van der Waals surface area contributed by atoms with Crippen molar-refractivity contribution in [2.45, 2.75) is 64.0 Å². The molecule has 1 saturated carbocycles. The first-order valence-corrected chi connectivity index (χ1v) is 11.7. The van der Waals surface area contributed by atoms with Gasteiger partial charge in [0.1, 0.15) is 0 Å². The molecule has 1 spiro atoms. The lowest BCUT2D eigenvalue weighted by Crippen LogP contribution is -2.63. The molecule has 1 aliphatic carbocycles. The van der Waals surface area contributed by atoms with Crippen molar-refractivity contribution < 1.29 is 4.79 Å².